The lowest BCUT2D eigenvalue weighted by Gasteiger charge is -2.20. The molecule has 0 spiro atoms. The third-order valence-corrected chi connectivity index (χ3v) is 6.17. The van der Waals surface area contributed by atoms with E-state index in [0.717, 1.165) is 42.6 Å². The number of carbonyl (C=O) groups is 1. The zero-order valence-corrected chi connectivity index (χ0v) is 17.6. The summed E-state index contributed by atoms with van der Waals surface area (Å²) in [6.45, 7) is 0.865. The van der Waals surface area contributed by atoms with E-state index in [0.29, 0.717) is 18.4 Å². The number of nitrogens with zero attached hydrogens (tertiary/aromatic N) is 3. The molecule has 2 aromatic carbocycles. The fourth-order valence-corrected chi connectivity index (χ4v) is 4.43. The van der Waals surface area contributed by atoms with E-state index in [2.05, 4.69) is 28.4 Å². The van der Waals surface area contributed by atoms with Gasteiger partial charge in [0.15, 0.2) is 0 Å². The van der Waals surface area contributed by atoms with Gasteiger partial charge in [-0.25, -0.2) is 4.68 Å². The number of anilines is 1. The largest absolute Gasteiger partial charge is 0.395 e. The van der Waals surface area contributed by atoms with Gasteiger partial charge in [-0.1, -0.05) is 30.3 Å². The van der Waals surface area contributed by atoms with Crippen LogP contribution in [0, 0.1) is 0 Å². The van der Waals surface area contributed by atoms with Gasteiger partial charge in [0.2, 0.25) is 5.91 Å². The Morgan fingerprint density at radius 3 is 2.68 bits per heavy atom. The van der Waals surface area contributed by atoms with Crippen LogP contribution in [0.4, 0.5) is 5.82 Å². The normalized spacial score (nSPS) is 15.3. The molecule has 160 valence electrons. The molecule has 0 aliphatic heterocycles. The SMILES string of the molecule is O=C(CN(CCO)C1CC1)Nc1cc(-c2ccc3c(c2)CCC3)nn1-c1ccccc1. The Morgan fingerprint density at radius 2 is 1.90 bits per heavy atom. The Hall–Kier alpha value is -2.96. The van der Waals surface area contributed by atoms with Crippen LogP contribution >= 0.6 is 0 Å². The van der Waals surface area contributed by atoms with E-state index in [1.54, 1.807) is 4.68 Å². The van der Waals surface area contributed by atoms with Crippen molar-refractivity contribution in [3.8, 4) is 16.9 Å². The van der Waals surface area contributed by atoms with Gasteiger partial charge in [0.05, 0.1) is 24.5 Å². The number of carbonyl (C=O) groups excluding carboxylic acids is 1. The Morgan fingerprint density at radius 1 is 1.10 bits per heavy atom. The average Bonchev–Trinajstić information content (AvgIpc) is 3.38. The van der Waals surface area contributed by atoms with Crippen molar-refractivity contribution in [1.29, 1.82) is 0 Å². The van der Waals surface area contributed by atoms with Crippen LogP contribution in [0.2, 0.25) is 0 Å². The molecule has 0 atom stereocenters. The first-order valence-corrected chi connectivity index (χ1v) is 11.1. The molecule has 0 saturated heterocycles. The summed E-state index contributed by atoms with van der Waals surface area (Å²) < 4.78 is 1.80. The van der Waals surface area contributed by atoms with Crippen molar-refractivity contribution in [2.24, 2.45) is 0 Å². The molecule has 0 bridgehead atoms. The predicted molar refractivity (Wildman–Crippen MR) is 121 cm³/mol. The van der Waals surface area contributed by atoms with Gasteiger partial charge in [-0.15, -0.1) is 0 Å². The summed E-state index contributed by atoms with van der Waals surface area (Å²) in [5.74, 6) is 0.573. The summed E-state index contributed by atoms with van der Waals surface area (Å²) in [6.07, 6.45) is 5.67. The minimum absolute atomic E-state index is 0.0637. The summed E-state index contributed by atoms with van der Waals surface area (Å²) in [7, 11) is 0. The number of aryl methyl sites for hydroxylation is 2. The summed E-state index contributed by atoms with van der Waals surface area (Å²) in [5, 5.41) is 17.2. The number of nitrogens with one attached hydrogen (secondary N) is 1. The summed E-state index contributed by atoms with van der Waals surface area (Å²) in [5.41, 5.74) is 5.67. The van der Waals surface area contributed by atoms with Crippen molar-refractivity contribution in [2.45, 2.75) is 38.1 Å². The number of hydrogen-bond acceptors (Lipinski definition) is 4. The number of rotatable bonds is 8. The number of aromatic nitrogens is 2. The van der Waals surface area contributed by atoms with Crippen molar-refractivity contribution < 1.29 is 9.90 Å². The van der Waals surface area contributed by atoms with Gasteiger partial charge in [-0.2, -0.15) is 5.10 Å². The van der Waals surface area contributed by atoms with Crippen LogP contribution in [0.1, 0.15) is 30.4 Å². The molecule has 6 nitrogen and oxygen atoms in total. The molecule has 5 rings (SSSR count). The maximum atomic E-state index is 12.8. The second-order valence-corrected chi connectivity index (χ2v) is 8.47. The van der Waals surface area contributed by atoms with Crippen molar-refractivity contribution in [2.75, 3.05) is 25.0 Å². The molecule has 2 aliphatic carbocycles. The zero-order chi connectivity index (χ0) is 21.2. The number of fused-ring (bicyclic) bond motifs is 1. The lowest BCUT2D eigenvalue weighted by Crippen LogP contribution is -2.37. The fraction of sp³-hybridized carbons (Fsp3) is 0.360. The first-order valence-electron chi connectivity index (χ1n) is 11.1. The van der Waals surface area contributed by atoms with Crippen LogP contribution in [-0.4, -0.2) is 51.4 Å². The number of para-hydroxylation sites is 1. The minimum Gasteiger partial charge on any atom is -0.395 e. The molecule has 1 aromatic heterocycles. The van der Waals surface area contributed by atoms with Crippen molar-refractivity contribution in [1.82, 2.24) is 14.7 Å². The second-order valence-electron chi connectivity index (χ2n) is 8.47. The lowest BCUT2D eigenvalue weighted by molar-refractivity contribution is -0.117. The summed E-state index contributed by atoms with van der Waals surface area (Å²) in [6, 6.07) is 18.8. The van der Waals surface area contributed by atoms with Crippen LogP contribution < -0.4 is 5.32 Å². The molecule has 0 unspecified atom stereocenters. The summed E-state index contributed by atoms with van der Waals surface area (Å²) in [4.78, 5) is 14.9. The van der Waals surface area contributed by atoms with E-state index in [-0.39, 0.29) is 19.1 Å². The molecule has 3 aromatic rings. The van der Waals surface area contributed by atoms with Crippen LogP contribution in [-0.2, 0) is 17.6 Å². The molecule has 2 aliphatic rings. The standard InChI is InChI=1S/C25H28N4O2/c30-14-13-28(21-11-12-21)17-25(31)26-24-16-23(27-29(24)22-7-2-1-3-8-22)20-10-9-18-5-4-6-19(18)15-20/h1-3,7-10,15-16,21,30H,4-6,11-14,17H2,(H,26,31). The highest BCUT2D eigenvalue weighted by Crippen LogP contribution is 2.30. The van der Waals surface area contributed by atoms with Gasteiger partial charge >= 0.3 is 0 Å². The van der Waals surface area contributed by atoms with Gasteiger partial charge in [0.25, 0.3) is 0 Å². The molecular weight excluding hydrogens is 388 g/mol. The average molecular weight is 417 g/mol. The number of benzene rings is 2. The van der Waals surface area contributed by atoms with Crippen molar-refractivity contribution >= 4 is 11.7 Å². The van der Waals surface area contributed by atoms with Gasteiger partial charge in [0.1, 0.15) is 5.82 Å². The third kappa shape index (κ3) is 4.40. The molecule has 6 heteroatoms. The first kappa shape index (κ1) is 20.0. The molecule has 31 heavy (non-hydrogen) atoms. The van der Waals surface area contributed by atoms with E-state index in [1.807, 2.05) is 36.4 Å². The highest BCUT2D eigenvalue weighted by molar-refractivity contribution is 5.92. The van der Waals surface area contributed by atoms with Crippen molar-refractivity contribution in [3.63, 3.8) is 0 Å². The Kier molecular flexibility index (Phi) is 5.57. The minimum atomic E-state index is -0.0852. The van der Waals surface area contributed by atoms with Crippen LogP contribution in [0.3, 0.4) is 0 Å². The fourth-order valence-electron chi connectivity index (χ4n) is 4.43. The van der Waals surface area contributed by atoms with E-state index in [4.69, 9.17) is 5.10 Å². The molecular formula is C25H28N4O2. The van der Waals surface area contributed by atoms with Gasteiger partial charge < -0.3 is 10.4 Å². The van der Waals surface area contributed by atoms with E-state index >= 15 is 0 Å². The Bertz CT molecular complexity index is 1070. The monoisotopic (exact) mass is 416 g/mol. The highest BCUT2D eigenvalue weighted by atomic mass is 16.3. The highest BCUT2D eigenvalue weighted by Gasteiger charge is 2.30. The number of amides is 1. The topological polar surface area (TPSA) is 70.4 Å². The zero-order valence-electron chi connectivity index (χ0n) is 17.6. The smallest absolute Gasteiger partial charge is 0.239 e. The Labute approximate surface area is 182 Å². The lowest BCUT2D eigenvalue weighted by atomic mass is 10.0. The van der Waals surface area contributed by atoms with Crippen LogP contribution in [0.15, 0.2) is 54.6 Å². The van der Waals surface area contributed by atoms with Crippen LogP contribution in [0.25, 0.3) is 16.9 Å². The molecule has 2 N–H and O–H groups in total. The van der Waals surface area contributed by atoms with E-state index in [1.165, 1.54) is 17.5 Å². The molecule has 1 saturated carbocycles. The van der Waals surface area contributed by atoms with Crippen molar-refractivity contribution in [3.05, 3.63) is 65.7 Å². The van der Waals surface area contributed by atoms with E-state index in [9.17, 15) is 9.90 Å². The maximum Gasteiger partial charge on any atom is 0.239 e. The number of aliphatic hydroxyl groups excluding tert-OH is 1. The van der Waals surface area contributed by atoms with E-state index < -0.39 is 0 Å². The quantitative estimate of drug-likeness (QED) is 0.590. The van der Waals surface area contributed by atoms with Gasteiger partial charge in [0, 0.05) is 24.2 Å². The number of hydrogen-bond donors (Lipinski definition) is 2. The number of aliphatic hydroxyl groups is 1. The summed E-state index contributed by atoms with van der Waals surface area (Å²) >= 11 is 0. The van der Waals surface area contributed by atoms with Gasteiger partial charge in [-0.3, -0.25) is 9.69 Å². The third-order valence-electron chi connectivity index (χ3n) is 6.17. The Balaban J connectivity index is 1.43. The first-order chi connectivity index (χ1) is 15.2. The molecule has 1 fully saturated rings. The maximum absolute atomic E-state index is 12.8. The van der Waals surface area contributed by atoms with Crippen LogP contribution in [0.5, 0.6) is 0 Å². The molecule has 1 amide bonds. The molecule has 0 radical (unpaired) electrons. The second kappa shape index (κ2) is 8.65. The molecule has 1 heterocycles. The predicted octanol–water partition coefficient (Wildman–Crippen LogP) is 3.42. The van der Waals surface area contributed by atoms with Gasteiger partial charge in [-0.05, 0) is 61.4 Å².